The van der Waals surface area contributed by atoms with E-state index in [9.17, 15) is 9.59 Å². The summed E-state index contributed by atoms with van der Waals surface area (Å²) in [6.07, 6.45) is 3.47. The first-order chi connectivity index (χ1) is 15.0. The van der Waals surface area contributed by atoms with Crippen molar-refractivity contribution in [1.82, 2.24) is 0 Å². The molecule has 0 amide bonds. The molecule has 2 aromatic carbocycles. The summed E-state index contributed by atoms with van der Waals surface area (Å²) in [6, 6.07) is 13.8. The van der Waals surface area contributed by atoms with Crippen LogP contribution in [0.4, 0.5) is 0 Å². The lowest BCUT2D eigenvalue weighted by molar-refractivity contribution is -0.125. The fourth-order valence-electron chi connectivity index (χ4n) is 6.17. The molecule has 160 valence electrons. The maximum Gasteiger partial charge on any atom is 0.152 e. The van der Waals surface area contributed by atoms with Crippen molar-refractivity contribution in [2.24, 2.45) is 28.8 Å². The normalized spacial score (nSPS) is 30.7. The minimum Gasteiger partial charge on any atom is -0.399 e. The Morgan fingerprint density at radius 3 is 2.42 bits per heavy atom. The van der Waals surface area contributed by atoms with Crippen LogP contribution < -0.4 is 0 Å². The Balaban J connectivity index is 1.57. The van der Waals surface area contributed by atoms with E-state index in [2.05, 4.69) is 24.2 Å². The van der Waals surface area contributed by atoms with Gasteiger partial charge in [0, 0.05) is 22.8 Å². The van der Waals surface area contributed by atoms with E-state index in [0.29, 0.717) is 5.02 Å². The van der Waals surface area contributed by atoms with Crippen molar-refractivity contribution in [3.8, 4) is 11.1 Å². The van der Waals surface area contributed by atoms with Crippen LogP contribution >= 0.6 is 11.6 Å². The number of benzene rings is 2. The molecule has 0 aliphatic heterocycles. The molecule has 4 saturated carbocycles. The van der Waals surface area contributed by atoms with Gasteiger partial charge in [-0.25, -0.2) is 0 Å². The van der Waals surface area contributed by atoms with Gasteiger partial charge < -0.3 is 4.84 Å². The van der Waals surface area contributed by atoms with Crippen LogP contribution in [0.1, 0.15) is 43.2 Å². The molecular formula is C26H26ClNO3. The Morgan fingerprint density at radius 1 is 1.00 bits per heavy atom. The first-order valence-electron chi connectivity index (χ1n) is 11.1. The minimum absolute atomic E-state index is 0.0425. The monoisotopic (exact) mass is 435 g/mol. The number of carbonyl (C=O) groups is 2. The highest BCUT2D eigenvalue weighted by atomic mass is 35.5. The van der Waals surface area contributed by atoms with Crippen LogP contribution in [-0.2, 0) is 20.8 Å². The van der Waals surface area contributed by atoms with E-state index in [1.54, 1.807) is 7.11 Å². The van der Waals surface area contributed by atoms with Crippen molar-refractivity contribution < 1.29 is 14.4 Å². The third-order valence-electron chi connectivity index (χ3n) is 7.53. The van der Waals surface area contributed by atoms with Gasteiger partial charge in [0.25, 0.3) is 0 Å². The number of aryl methyl sites for hydroxylation is 1. The predicted octanol–water partition coefficient (Wildman–Crippen LogP) is 5.47. The van der Waals surface area contributed by atoms with Crippen molar-refractivity contribution in [2.75, 3.05) is 7.11 Å². The number of hydrogen-bond acceptors (Lipinski definition) is 4. The van der Waals surface area contributed by atoms with Crippen LogP contribution in [0, 0.1) is 23.7 Å². The molecular weight excluding hydrogens is 410 g/mol. The van der Waals surface area contributed by atoms with Crippen LogP contribution in [0.2, 0.25) is 5.02 Å². The second-order valence-corrected chi connectivity index (χ2v) is 9.41. The van der Waals surface area contributed by atoms with E-state index in [1.165, 1.54) is 0 Å². The third-order valence-corrected chi connectivity index (χ3v) is 7.78. The van der Waals surface area contributed by atoms with Gasteiger partial charge in [0.1, 0.15) is 13.0 Å². The number of nitrogens with zero attached hydrogens (tertiary/aromatic N) is 1. The largest absolute Gasteiger partial charge is 0.399 e. The average Bonchev–Trinajstić information content (AvgIpc) is 3.06. The van der Waals surface area contributed by atoms with Gasteiger partial charge in [-0.1, -0.05) is 47.9 Å². The summed E-state index contributed by atoms with van der Waals surface area (Å²) in [4.78, 5) is 32.4. The van der Waals surface area contributed by atoms with Gasteiger partial charge >= 0.3 is 0 Å². The Hall–Kier alpha value is -2.46. The molecule has 0 N–H and O–H groups in total. The molecule has 0 spiro atoms. The van der Waals surface area contributed by atoms with Gasteiger partial charge in [0.15, 0.2) is 11.6 Å². The van der Waals surface area contributed by atoms with E-state index in [-0.39, 0.29) is 35.2 Å². The molecule has 4 aliphatic carbocycles. The number of Topliss-reactive ketones (excluding diaryl/α,β-unsaturated/α-hetero) is 2. The molecule has 4 nitrogen and oxygen atoms in total. The Labute approximate surface area is 187 Å². The Kier molecular flexibility index (Phi) is 5.21. The lowest BCUT2D eigenvalue weighted by Crippen LogP contribution is -2.47. The van der Waals surface area contributed by atoms with Crippen LogP contribution in [0.15, 0.2) is 47.6 Å². The van der Waals surface area contributed by atoms with E-state index >= 15 is 0 Å². The summed E-state index contributed by atoms with van der Waals surface area (Å²) in [7, 11) is 1.55. The molecule has 4 aliphatic rings. The lowest BCUT2D eigenvalue weighted by Gasteiger charge is -2.44. The zero-order valence-electron chi connectivity index (χ0n) is 17.8. The summed E-state index contributed by atoms with van der Waals surface area (Å²) in [5.74, 6) is -0.642. The summed E-state index contributed by atoms with van der Waals surface area (Å²) in [6.45, 7) is 2.07. The van der Waals surface area contributed by atoms with Crippen molar-refractivity contribution >= 4 is 28.9 Å². The van der Waals surface area contributed by atoms with Crippen LogP contribution in [0.5, 0.6) is 0 Å². The smallest absolute Gasteiger partial charge is 0.152 e. The number of hydrogen-bond donors (Lipinski definition) is 0. The number of halogens is 1. The highest BCUT2D eigenvalue weighted by molar-refractivity contribution is 6.30. The predicted molar refractivity (Wildman–Crippen MR) is 121 cm³/mol. The standard InChI is InChI=1S/C26H26ClNO3/c1-3-14-4-5-16(15-6-9-18(27)10-7-15)12-20(14)24-25(29)22-17-8-11-19(23(22)26(24)30)21(13-17)28-31-2/h4-7,9-10,12,17,19,22-24H,3,8,11,13H2,1-2H3/b28-21-/t17-,19+,22+,23-,24?/m1/s1. The van der Waals surface area contributed by atoms with Crippen molar-refractivity contribution in [3.63, 3.8) is 0 Å². The van der Waals surface area contributed by atoms with E-state index in [4.69, 9.17) is 16.4 Å². The van der Waals surface area contributed by atoms with E-state index < -0.39 is 5.92 Å². The van der Waals surface area contributed by atoms with Crippen molar-refractivity contribution in [1.29, 1.82) is 0 Å². The van der Waals surface area contributed by atoms with Crippen LogP contribution in [0.3, 0.4) is 0 Å². The zero-order valence-corrected chi connectivity index (χ0v) is 18.6. The van der Waals surface area contributed by atoms with Gasteiger partial charge in [0.05, 0.1) is 5.71 Å². The number of fused-ring (bicyclic) bond motifs is 2. The molecule has 2 aromatic rings. The van der Waals surface area contributed by atoms with Gasteiger partial charge in [-0.2, -0.15) is 0 Å². The summed E-state index contributed by atoms with van der Waals surface area (Å²) in [5.41, 5.74) is 4.94. The number of oxime groups is 1. The average molecular weight is 436 g/mol. The number of rotatable bonds is 4. The second-order valence-electron chi connectivity index (χ2n) is 8.98. The molecule has 4 fully saturated rings. The minimum atomic E-state index is -0.665. The molecule has 2 bridgehead atoms. The fourth-order valence-corrected chi connectivity index (χ4v) is 6.29. The summed E-state index contributed by atoms with van der Waals surface area (Å²) >= 11 is 6.05. The molecule has 0 heterocycles. The molecule has 31 heavy (non-hydrogen) atoms. The highest BCUT2D eigenvalue weighted by Crippen LogP contribution is 2.55. The maximum atomic E-state index is 13.7. The lowest BCUT2D eigenvalue weighted by atomic mass is 9.58. The van der Waals surface area contributed by atoms with E-state index in [1.807, 2.05) is 30.3 Å². The van der Waals surface area contributed by atoms with Gasteiger partial charge in [-0.15, -0.1) is 0 Å². The Bertz CT molecular complexity index is 1070. The summed E-state index contributed by atoms with van der Waals surface area (Å²) in [5, 5.41) is 4.90. The Morgan fingerprint density at radius 2 is 1.71 bits per heavy atom. The zero-order chi connectivity index (χ0) is 21.7. The molecule has 6 rings (SSSR count). The molecule has 0 aromatic heterocycles. The quantitative estimate of drug-likeness (QED) is 0.472. The fraction of sp³-hybridized carbons (Fsp3) is 0.423. The van der Waals surface area contributed by atoms with Crippen molar-refractivity contribution in [2.45, 2.75) is 38.5 Å². The number of carbonyl (C=O) groups excluding carboxylic acids is 2. The molecule has 5 atom stereocenters. The molecule has 1 unspecified atom stereocenters. The van der Waals surface area contributed by atoms with Crippen LogP contribution in [0.25, 0.3) is 11.1 Å². The summed E-state index contributed by atoms with van der Waals surface area (Å²) < 4.78 is 0. The SMILES string of the molecule is CCc1ccc(-c2ccc(Cl)cc2)cc1C1C(=O)[C@H]2[C@@H]3CC[C@@H](/C(=N\OC)C3)[C@H]2C1=O. The van der Waals surface area contributed by atoms with Gasteiger partial charge in [-0.3, -0.25) is 9.59 Å². The molecule has 0 saturated heterocycles. The highest BCUT2D eigenvalue weighted by Gasteiger charge is 2.61. The van der Waals surface area contributed by atoms with Gasteiger partial charge in [0.2, 0.25) is 0 Å². The first-order valence-corrected chi connectivity index (χ1v) is 11.5. The van der Waals surface area contributed by atoms with Crippen molar-refractivity contribution in [3.05, 3.63) is 58.6 Å². The van der Waals surface area contributed by atoms with Crippen LogP contribution in [-0.4, -0.2) is 24.4 Å². The molecule has 0 radical (unpaired) electrons. The third kappa shape index (κ3) is 3.23. The molecule has 5 heteroatoms. The number of ketones is 2. The van der Waals surface area contributed by atoms with E-state index in [0.717, 1.165) is 53.6 Å². The topological polar surface area (TPSA) is 55.7 Å². The maximum absolute atomic E-state index is 13.7. The second kappa shape index (κ2) is 7.90. The first kappa shape index (κ1) is 20.4. The van der Waals surface area contributed by atoms with Gasteiger partial charge in [-0.05, 0) is 72.1 Å².